The van der Waals surface area contributed by atoms with Gasteiger partial charge in [-0.2, -0.15) is 0 Å². The highest BCUT2D eigenvalue weighted by molar-refractivity contribution is 8.00. The zero-order chi connectivity index (χ0) is 15.9. The number of hydrogen-bond donors (Lipinski definition) is 1. The van der Waals surface area contributed by atoms with Crippen molar-refractivity contribution in [3.8, 4) is 0 Å². The van der Waals surface area contributed by atoms with E-state index in [4.69, 9.17) is 11.6 Å². The number of thioether (sulfide) groups is 1. The maximum atomic E-state index is 14.1. The van der Waals surface area contributed by atoms with Crippen LogP contribution in [0.3, 0.4) is 0 Å². The Morgan fingerprint density at radius 2 is 2.23 bits per heavy atom. The van der Waals surface area contributed by atoms with Crippen LogP contribution in [0.1, 0.15) is 16.6 Å². The first-order valence-electron chi connectivity index (χ1n) is 6.43. The first kappa shape index (κ1) is 15.1. The molecule has 1 fully saturated rings. The van der Waals surface area contributed by atoms with E-state index in [1.165, 1.54) is 34.9 Å². The molecule has 1 aromatic carbocycles. The van der Waals surface area contributed by atoms with E-state index in [0.717, 1.165) is 0 Å². The fourth-order valence-corrected chi connectivity index (χ4v) is 3.83. The number of carbonyl (C=O) groups is 1. The number of aromatic amines is 1. The summed E-state index contributed by atoms with van der Waals surface area (Å²) < 4.78 is 14.1. The smallest absolute Gasteiger partial charge is 0.252 e. The van der Waals surface area contributed by atoms with Crippen molar-refractivity contribution >= 4 is 35.2 Å². The average molecular weight is 340 g/mol. The van der Waals surface area contributed by atoms with Gasteiger partial charge >= 0.3 is 0 Å². The van der Waals surface area contributed by atoms with Crippen LogP contribution in [0.4, 0.5) is 10.3 Å². The van der Waals surface area contributed by atoms with Gasteiger partial charge in [0.25, 0.3) is 5.56 Å². The van der Waals surface area contributed by atoms with E-state index in [2.05, 4.69) is 9.97 Å². The second-order valence-corrected chi connectivity index (χ2v) is 6.25. The van der Waals surface area contributed by atoms with Gasteiger partial charge in [0.1, 0.15) is 11.2 Å². The molecule has 8 heteroatoms. The van der Waals surface area contributed by atoms with E-state index in [1.807, 2.05) is 0 Å². The quantitative estimate of drug-likeness (QED) is 0.913. The highest BCUT2D eigenvalue weighted by Gasteiger charge is 2.38. The number of halogens is 2. The number of aromatic nitrogens is 2. The number of hydrogen-bond acceptors (Lipinski definition) is 4. The number of anilines is 1. The van der Waals surface area contributed by atoms with Gasteiger partial charge in [-0.3, -0.25) is 19.5 Å². The summed E-state index contributed by atoms with van der Waals surface area (Å²) in [5.74, 6) is -0.500. The first-order chi connectivity index (χ1) is 10.5. The monoisotopic (exact) mass is 339 g/mol. The molecular formula is C14H11ClFN3O2S. The van der Waals surface area contributed by atoms with Crippen LogP contribution >= 0.6 is 23.4 Å². The van der Waals surface area contributed by atoms with Gasteiger partial charge < -0.3 is 0 Å². The number of carbonyl (C=O) groups excluding carboxylic acids is 1. The summed E-state index contributed by atoms with van der Waals surface area (Å²) in [6, 6.07) is 5.67. The van der Waals surface area contributed by atoms with Gasteiger partial charge in [-0.15, -0.1) is 11.8 Å². The van der Waals surface area contributed by atoms with Gasteiger partial charge in [-0.25, -0.2) is 9.37 Å². The van der Waals surface area contributed by atoms with Crippen LogP contribution in [0.5, 0.6) is 0 Å². The number of nitrogens with one attached hydrogen (secondary N) is 1. The van der Waals surface area contributed by atoms with E-state index in [-0.39, 0.29) is 33.8 Å². The number of rotatable bonds is 2. The summed E-state index contributed by atoms with van der Waals surface area (Å²) in [6.07, 6.45) is 0. The number of aryl methyl sites for hydroxylation is 1. The number of H-pyrrole nitrogens is 1. The first-order valence-corrected chi connectivity index (χ1v) is 7.85. The Kier molecular flexibility index (Phi) is 3.92. The second kappa shape index (κ2) is 5.73. The Balaban J connectivity index is 2.12. The third-order valence-electron chi connectivity index (χ3n) is 3.20. The van der Waals surface area contributed by atoms with E-state index in [9.17, 15) is 14.0 Å². The molecule has 114 valence electrons. The molecule has 2 heterocycles. The van der Waals surface area contributed by atoms with Crippen LogP contribution in [0.2, 0.25) is 5.02 Å². The Morgan fingerprint density at radius 3 is 2.91 bits per heavy atom. The molecule has 1 N–H and O–H groups in total. The molecule has 0 spiro atoms. The van der Waals surface area contributed by atoms with Crippen molar-refractivity contribution in [2.45, 2.75) is 12.3 Å². The van der Waals surface area contributed by atoms with E-state index in [0.29, 0.717) is 5.69 Å². The maximum absolute atomic E-state index is 14.1. The van der Waals surface area contributed by atoms with Gasteiger partial charge in [-0.1, -0.05) is 17.7 Å². The average Bonchev–Trinajstić information content (AvgIpc) is 2.79. The molecule has 1 atom stereocenters. The topological polar surface area (TPSA) is 66.1 Å². The lowest BCUT2D eigenvalue weighted by Gasteiger charge is -2.23. The molecule has 5 nitrogen and oxygen atoms in total. The van der Waals surface area contributed by atoms with Crippen molar-refractivity contribution in [2.75, 3.05) is 10.7 Å². The van der Waals surface area contributed by atoms with E-state index in [1.54, 1.807) is 13.0 Å². The number of benzene rings is 1. The van der Waals surface area contributed by atoms with Gasteiger partial charge in [0.05, 0.1) is 5.75 Å². The molecular weight excluding hydrogens is 329 g/mol. The minimum atomic E-state index is -0.661. The van der Waals surface area contributed by atoms with Crippen LogP contribution in [0, 0.1) is 12.7 Å². The van der Waals surface area contributed by atoms with Crippen molar-refractivity contribution in [1.29, 1.82) is 0 Å². The van der Waals surface area contributed by atoms with Crippen LogP contribution in [0.15, 0.2) is 29.1 Å². The summed E-state index contributed by atoms with van der Waals surface area (Å²) >= 11 is 7.33. The SMILES string of the molecule is Cc1cc(=O)[nH]c(N2C(=O)CSC2c2c(F)cccc2Cl)n1. The van der Waals surface area contributed by atoms with Crippen LogP contribution in [0.25, 0.3) is 0 Å². The van der Waals surface area contributed by atoms with Gasteiger partial charge in [-0.05, 0) is 19.1 Å². The molecule has 22 heavy (non-hydrogen) atoms. The third-order valence-corrected chi connectivity index (χ3v) is 4.71. The normalized spacial score (nSPS) is 18.0. The van der Waals surface area contributed by atoms with Crippen molar-refractivity contribution in [3.05, 3.63) is 56.7 Å². The van der Waals surface area contributed by atoms with Crippen LogP contribution in [-0.4, -0.2) is 21.6 Å². The third kappa shape index (κ3) is 2.62. The molecule has 1 amide bonds. The highest BCUT2D eigenvalue weighted by atomic mass is 35.5. The molecule has 0 aliphatic carbocycles. The van der Waals surface area contributed by atoms with Gasteiger partial charge in [0, 0.05) is 22.3 Å². The lowest BCUT2D eigenvalue weighted by atomic mass is 10.2. The predicted molar refractivity (Wildman–Crippen MR) is 83.7 cm³/mol. The standard InChI is InChI=1S/C14H11ClFN3O2S/c1-7-5-10(20)18-14(17-7)19-11(21)6-22-13(19)12-8(15)3-2-4-9(12)16/h2-5,13H,6H2,1H3,(H,17,18,20). The molecule has 0 bridgehead atoms. The van der Waals surface area contributed by atoms with Crippen LogP contribution < -0.4 is 10.5 Å². The molecule has 1 aliphatic heterocycles. The zero-order valence-electron chi connectivity index (χ0n) is 11.5. The van der Waals surface area contributed by atoms with Crippen molar-refractivity contribution in [3.63, 3.8) is 0 Å². The minimum absolute atomic E-state index is 0.101. The lowest BCUT2D eigenvalue weighted by molar-refractivity contribution is -0.115. The second-order valence-electron chi connectivity index (χ2n) is 4.77. The molecule has 1 aromatic heterocycles. The van der Waals surface area contributed by atoms with Gasteiger partial charge in [0.15, 0.2) is 0 Å². The number of nitrogens with zero attached hydrogens (tertiary/aromatic N) is 2. The highest BCUT2D eigenvalue weighted by Crippen LogP contribution is 2.43. The van der Waals surface area contributed by atoms with E-state index < -0.39 is 11.2 Å². The summed E-state index contributed by atoms with van der Waals surface area (Å²) in [6.45, 7) is 1.65. The Bertz CT molecular complexity index is 791. The van der Waals surface area contributed by atoms with Crippen molar-refractivity contribution in [1.82, 2.24) is 9.97 Å². The predicted octanol–water partition coefficient (Wildman–Crippen LogP) is 2.65. The minimum Gasteiger partial charge on any atom is -0.292 e. The van der Waals surface area contributed by atoms with Gasteiger partial charge in [0.2, 0.25) is 11.9 Å². The molecule has 3 rings (SSSR count). The molecule has 1 saturated heterocycles. The molecule has 2 aromatic rings. The largest absolute Gasteiger partial charge is 0.292 e. The summed E-state index contributed by atoms with van der Waals surface area (Å²) in [5.41, 5.74) is 0.316. The summed E-state index contributed by atoms with van der Waals surface area (Å²) in [4.78, 5) is 31.8. The summed E-state index contributed by atoms with van der Waals surface area (Å²) in [7, 11) is 0. The molecule has 0 radical (unpaired) electrons. The summed E-state index contributed by atoms with van der Waals surface area (Å²) in [5, 5.41) is -0.432. The van der Waals surface area contributed by atoms with E-state index >= 15 is 0 Å². The Labute approximate surface area is 134 Å². The van der Waals surface area contributed by atoms with Crippen molar-refractivity contribution in [2.24, 2.45) is 0 Å². The zero-order valence-corrected chi connectivity index (χ0v) is 13.0. The Morgan fingerprint density at radius 1 is 1.45 bits per heavy atom. The fraction of sp³-hybridized carbons (Fsp3) is 0.214. The molecule has 0 saturated carbocycles. The van der Waals surface area contributed by atoms with Crippen molar-refractivity contribution < 1.29 is 9.18 Å². The number of amides is 1. The molecule has 1 aliphatic rings. The molecule has 1 unspecified atom stereocenters. The maximum Gasteiger partial charge on any atom is 0.252 e. The fourth-order valence-electron chi connectivity index (χ4n) is 2.29. The van der Waals surface area contributed by atoms with Crippen LogP contribution in [-0.2, 0) is 4.79 Å². The Hall–Kier alpha value is -1.86. The lowest BCUT2D eigenvalue weighted by Crippen LogP contribution is -2.32.